The second kappa shape index (κ2) is 7.45. The highest BCUT2D eigenvalue weighted by Gasteiger charge is 2.19. The average molecular weight is 330 g/mol. The van der Waals surface area contributed by atoms with Gasteiger partial charge in [-0.15, -0.1) is 0 Å². The number of hydrogen-bond acceptors (Lipinski definition) is 4. The van der Waals surface area contributed by atoms with Crippen LogP contribution >= 0.6 is 0 Å². The van der Waals surface area contributed by atoms with Crippen molar-refractivity contribution in [2.45, 2.75) is 19.4 Å². The molecule has 0 saturated carbocycles. The number of non-ortho nitro benzene ring substituents is 1. The van der Waals surface area contributed by atoms with E-state index in [2.05, 4.69) is 5.32 Å². The van der Waals surface area contributed by atoms with Crippen LogP contribution in [0.2, 0.25) is 0 Å². The molecule has 2 aromatic carbocycles. The largest absolute Gasteiger partial charge is 0.349 e. The molecule has 7 heteroatoms. The SMILES string of the molecule is C[C@@H](CC(=O)c1ccccc1)NC(=O)c1ccc([N+](=O)[O-])cc1F. The van der Waals surface area contributed by atoms with Gasteiger partial charge in [0.15, 0.2) is 5.78 Å². The third-order valence-electron chi connectivity index (χ3n) is 3.37. The van der Waals surface area contributed by atoms with Crippen molar-refractivity contribution in [1.29, 1.82) is 0 Å². The molecule has 1 N–H and O–H groups in total. The lowest BCUT2D eigenvalue weighted by Gasteiger charge is -2.13. The molecule has 0 bridgehead atoms. The molecule has 0 saturated heterocycles. The van der Waals surface area contributed by atoms with E-state index in [1.165, 1.54) is 0 Å². The molecule has 1 atom stereocenters. The smallest absolute Gasteiger partial charge is 0.272 e. The fourth-order valence-electron chi connectivity index (χ4n) is 2.17. The van der Waals surface area contributed by atoms with E-state index in [9.17, 15) is 24.1 Å². The Labute approximate surface area is 137 Å². The first-order valence-corrected chi connectivity index (χ1v) is 7.21. The molecule has 0 aliphatic carbocycles. The Morgan fingerprint density at radius 2 is 1.88 bits per heavy atom. The van der Waals surface area contributed by atoms with Gasteiger partial charge in [0.25, 0.3) is 11.6 Å². The fraction of sp³-hybridized carbons (Fsp3) is 0.176. The molecule has 2 aromatic rings. The van der Waals surface area contributed by atoms with Crippen molar-refractivity contribution >= 4 is 17.4 Å². The number of halogens is 1. The summed E-state index contributed by atoms with van der Waals surface area (Å²) in [4.78, 5) is 33.9. The molecular formula is C17H15FN2O4. The lowest BCUT2D eigenvalue weighted by molar-refractivity contribution is -0.385. The van der Waals surface area contributed by atoms with Crippen molar-refractivity contribution < 1.29 is 18.9 Å². The van der Waals surface area contributed by atoms with E-state index in [-0.39, 0.29) is 17.8 Å². The maximum absolute atomic E-state index is 13.8. The van der Waals surface area contributed by atoms with Crippen LogP contribution in [0.1, 0.15) is 34.1 Å². The highest BCUT2D eigenvalue weighted by atomic mass is 19.1. The van der Waals surface area contributed by atoms with Crippen molar-refractivity contribution in [3.05, 3.63) is 75.6 Å². The molecule has 24 heavy (non-hydrogen) atoms. The summed E-state index contributed by atoms with van der Waals surface area (Å²) >= 11 is 0. The minimum absolute atomic E-state index is 0.0599. The van der Waals surface area contributed by atoms with Crippen LogP contribution in [0.5, 0.6) is 0 Å². The van der Waals surface area contributed by atoms with Gasteiger partial charge in [-0.05, 0) is 13.0 Å². The molecule has 0 spiro atoms. The maximum atomic E-state index is 13.8. The van der Waals surface area contributed by atoms with Gasteiger partial charge in [0.1, 0.15) is 5.82 Å². The van der Waals surface area contributed by atoms with Gasteiger partial charge >= 0.3 is 0 Å². The van der Waals surface area contributed by atoms with Gasteiger partial charge in [0, 0.05) is 24.1 Å². The quantitative estimate of drug-likeness (QED) is 0.500. The monoisotopic (exact) mass is 330 g/mol. The molecule has 2 rings (SSSR count). The summed E-state index contributed by atoms with van der Waals surface area (Å²) in [6.07, 6.45) is 0.0599. The first-order valence-electron chi connectivity index (χ1n) is 7.21. The minimum atomic E-state index is -0.983. The number of Topliss-reactive ketones (excluding diaryl/α,β-unsaturated/α-hetero) is 1. The number of benzene rings is 2. The van der Waals surface area contributed by atoms with Gasteiger partial charge in [-0.3, -0.25) is 19.7 Å². The van der Waals surface area contributed by atoms with Gasteiger partial charge in [0.05, 0.1) is 16.6 Å². The number of carbonyl (C=O) groups is 2. The Morgan fingerprint density at radius 1 is 1.21 bits per heavy atom. The summed E-state index contributed by atoms with van der Waals surface area (Å²) in [5.41, 5.74) is -0.212. The van der Waals surface area contributed by atoms with E-state index >= 15 is 0 Å². The standard InChI is InChI=1S/C17H15FN2O4/c1-11(9-16(21)12-5-3-2-4-6-12)19-17(22)14-8-7-13(20(23)24)10-15(14)18/h2-8,10-11H,9H2,1H3,(H,19,22)/t11-/m0/s1. The summed E-state index contributed by atoms with van der Waals surface area (Å²) < 4.78 is 13.8. The maximum Gasteiger partial charge on any atom is 0.272 e. The predicted octanol–water partition coefficient (Wildman–Crippen LogP) is 3.13. The van der Waals surface area contributed by atoms with Crippen molar-refractivity contribution in [3.63, 3.8) is 0 Å². The Morgan fingerprint density at radius 3 is 2.46 bits per heavy atom. The molecule has 6 nitrogen and oxygen atoms in total. The van der Waals surface area contributed by atoms with Gasteiger partial charge < -0.3 is 5.32 Å². The Bertz CT molecular complexity index is 777. The van der Waals surface area contributed by atoms with E-state index in [4.69, 9.17) is 0 Å². The van der Waals surface area contributed by atoms with Crippen LogP contribution in [0.3, 0.4) is 0 Å². The zero-order valence-corrected chi connectivity index (χ0v) is 12.9. The van der Waals surface area contributed by atoms with Gasteiger partial charge in [-0.1, -0.05) is 30.3 Å². The normalized spacial score (nSPS) is 11.6. The summed E-state index contributed by atoms with van der Waals surface area (Å²) in [5, 5.41) is 13.1. The number of nitrogens with one attached hydrogen (secondary N) is 1. The number of ketones is 1. The topological polar surface area (TPSA) is 89.3 Å². The highest BCUT2D eigenvalue weighted by Crippen LogP contribution is 2.17. The Kier molecular flexibility index (Phi) is 5.36. The Balaban J connectivity index is 2.01. The van der Waals surface area contributed by atoms with Crippen LogP contribution in [-0.4, -0.2) is 22.7 Å². The van der Waals surface area contributed by atoms with Gasteiger partial charge in [-0.25, -0.2) is 4.39 Å². The van der Waals surface area contributed by atoms with Crippen LogP contribution in [0.25, 0.3) is 0 Å². The van der Waals surface area contributed by atoms with Crippen LogP contribution < -0.4 is 5.32 Å². The highest BCUT2D eigenvalue weighted by molar-refractivity contribution is 5.98. The lowest BCUT2D eigenvalue weighted by Crippen LogP contribution is -2.34. The molecule has 0 aliphatic rings. The fourth-order valence-corrected chi connectivity index (χ4v) is 2.17. The molecular weight excluding hydrogens is 315 g/mol. The van der Waals surface area contributed by atoms with Crippen LogP contribution in [0.4, 0.5) is 10.1 Å². The summed E-state index contributed by atoms with van der Waals surface area (Å²) in [7, 11) is 0. The van der Waals surface area contributed by atoms with Gasteiger partial charge in [-0.2, -0.15) is 0 Å². The molecule has 0 aliphatic heterocycles. The second-order valence-electron chi connectivity index (χ2n) is 5.29. The van der Waals surface area contributed by atoms with Crippen molar-refractivity contribution in [1.82, 2.24) is 5.32 Å². The van der Waals surface area contributed by atoms with Crippen molar-refractivity contribution in [2.24, 2.45) is 0 Å². The van der Waals surface area contributed by atoms with E-state index in [0.717, 1.165) is 12.1 Å². The third-order valence-corrected chi connectivity index (χ3v) is 3.37. The molecule has 0 unspecified atom stereocenters. The predicted molar refractivity (Wildman–Crippen MR) is 85.4 cm³/mol. The van der Waals surface area contributed by atoms with Crippen LogP contribution in [0.15, 0.2) is 48.5 Å². The first-order chi connectivity index (χ1) is 11.4. The number of nitro benzene ring substituents is 1. The summed E-state index contributed by atoms with van der Waals surface area (Å²) in [6, 6.07) is 10.9. The molecule has 124 valence electrons. The molecule has 0 heterocycles. The van der Waals surface area contributed by atoms with Crippen LogP contribution in [0, 0.1) is 15.9 Å². The Hall–Kier alpha value is -3.09. The number of amides is 1. The van der Waals surface area contributed by atoms with E-state index in [0.29, 0.717) is 11.6 Å². The average Bonchev–Trinajstić information content (AvgIpc) is 2.55. The van der Waals surface area contributed by atoms with E-state index in [1.807, 2.05) is 0 Å². The lowest BCUT2D eigenvalue weighted by atomic mass is 10.0. The molecule has 1 amide bonds. The van der Waals surface area contributed by atoms with Crippen molar-refractivity contribution in [2.75, 3.05) is 0 Å². The van der Waals surface area contributed by atoms with Gasteiger partial charge in [0.2, 0.25) is 0 Å². The molecule has 0 radical (unpaired) electrons. The molecule has 0 fully saturated rings. The van der Waals surface area contributed by atoms with Crippen molar-refractivity contribution in [3.8, 4) is 0 Å². The number of hydrogen-bond donors (Lipinski definition) is 1. The van der Waals surface area contributed by atoms with E-state index < -0.39 is 28.4 Å². The minimum Gasteiger partial charge on any atom is -0.349 e. The zero-order valence-electron chi connectivity index (χ0n) is 12.9. The third kappa shape index (κ3) is 4.22. The number of nitro groups is 1. The van der Waals surface area contributed by atoms with E-state index in [1.54, 1.807) is 37.3 Å². The number of carbonyl (C=O) groups excluding carboxylic acids is 2. The molecule has 0 aromatic heterocycles. The first kappa shape index (κ1) is 17.3. The summed E-state index contributed by atoms with van der Waals surface area (Å²) in [5.74, 6) is -1.85. The zero-order chi connectivity index (χ0) is 17.7. The van der Waals surface area contributed by atoms with Crippen LogP contribution in [-0.2, 0) is 0 Å². The second-order valence-corrected chi connectivity index (χ2v) is 5.29. The number of nitrogens with zero attached hydrogens (tertiary/aromatic N) is 1. The summed E-state index contributed by atoms with van der Waals surface area (Å²) in [6.45, 7) is 1.63. The number of rotatable bonds is 6.